The molecular formula is C10H17N. The minimum absolute atomic E-state index is 0.300. The van der Waals surface area contributed by atoms with E-state index in [1.165, 1.54) is 38.5 Å². The topological polar surface area (TPSA) is 26.0 Å². The first-order valence-electron chi connectivity index (χ1n) is 5.02. The summed E-state index contributed by atoms with van der Waals surface area (Å²) in [5.41, 5.74) is 6.62. The van der Waals surface area contributed by atoms with E-state index < -0.39 is 0 Å². The standard InChI is InChI=1S/C10H17N/c11-10-4-7-1-8(5-10)3-9(2-7)6-10/h7-9H,1-6,11H2/t7-,8+,9-,10-. The molecule has 0 aliphatic heterocycles. The zero-order chi connectivity index (χ0) is 7.47. The molecule has 2 N–H and O–H groups in total. The molecule has 0 spiro atoms. The van der Waals surface area contributed by atoms with E-state index in [0.717, 1.165) is 17.8 Å². The lowest BCUT2D eigenvalue weighted by Crippen LogP contribution is -2.55. The van der Waals surface area contributed by atoms with E-state index in [0.29, 0.717) is 5.54 Å². The van der Waals surface area contributed by atoms with Gasteiger partial charge in [0.2, 0.25) is 0 Å². The van der Waals surface area contributed by atoms with Crippen LogP contribution in [0.5, 0.6) is 0 Å². The summed E-state index contributed by atoms with van der Waals surface area (Å²) in [5.74, 6) is 3.06. The van der Waals surface area contributed by atoms with E-state index in [9.17, 15) is 0 Å². The molecule has 4 aliphatic rings. The van der Waals surface area contributed by atoms with Crippen LogP contribution >= 0.6 is 0 Å². The fourth-order valence-electron chi connectivity index (χ4n) is 4.18. The Morgan fingerprint density at radius 3 is 1.45 bits per heavy atom. The summed E-state index contributed by atoms with van der Waals surface area (Å²) in [6, 6.07) is 0. The van der Waals surface area contributed by atoms with Gasteiger partial charge >= 0.3 is 0 Å². The van der Waals surface area contributed by atoms with Gasteiger partial charge in [-0.1, -0.05) is 0 Å². The van der Waals surface area contributed by atoms with Crippen LogP contribution in [0.2, 0.25) is 0 Å². The van der Waals surface area contributed by atoms with Crippen molar-refractivity contribution in [2.45, 2.75) is 44.1 Å². The summed E-state index contributed by atoms with van der Waals surface area (Å²) < 4.78 is 0. The van der Waals surface area contributed by atoms with Gasteiger partial charge in [-0.25, -0.2) is 0 Å². The van der Waals surface area contributed by atoms with Gasteiger partial charge < -0.3 is 5.73 Å². The predicted molar refractivity (Wildman–Crippen MR) is 45.1 cm³/mol. The monoisotopic (exact) mass is 151 g/mol. The Morgan fingerprint density at radius 1 is 0.818 bits per heavy atom. The maximum absolute atomic E-state index is 6.32. The fraction of sp³-hybridized carbons (Fsp3) is 1.00. The van der Waals surface area contributed by atoms with Crippen molar-refractivity contribution >= 4 is 0 Å². The average molecular weight is 151 g/mol. The van der Waals surface area contributed by atoms with Crippen molar-refractivity contribution in [1.82, 2.24) is 0 Å². The first-order valence-corrected chi connectivity index (χ1v) is 5.02. The Bertz CT molecular complexity index is 150. The molecule has 0 saturated heterocycles. The molecule has 0 heterocycles. The van der Waals surface area contributed by atoms with Gasteiger partial charge in [0.15, 0.2) is 0 Å². The Hall–Kier alpha value is -0.0400. The minimum Gasteiger partial charge on any atom is -0.325 e. The molecule has 4 bridgehead atoms. The summed E-state index contributed by atoms with van der Waals surface area (Å²) in [5, 5.41) is 0. The molecule has 0 aromatic rings. The Balaban J connectivity index is 1.94. The fourth-order valence-corrected chi connectivity index (χ4v) is 4.18. The van der Waals surface area contributed by atoms with Crippen LogP contribution < -0.4 is 5.73 Å². The van der Waals surface area contributed by atoms with Gasteiger partial charge in [-0.2, -0.15) is 0 Å². The van der Waals surface area contributed by atoms with Gasteiger partial charge in [-0.05, 0) is 56.3 Å². The van der Waals surface area contributed by atoms with Crippen molar-refractivity contribution in [1.29, 1.82) is 0 Å². The summed E-state index contributed by atoms with van der Waals surface area (Å²) in [4.78, 5) is 0. The van der Waals surface area contributed by atoms with E-state index in [1.54, 1.807) is 0 Å². The third-order valence-electron chi connectivity index (χ3n) is 4.09. The highest BCUT2D eigenvalue weighted by atomic mass is 14.8. The number of hydrogen-bond donors (Lipinski definition) is 1. The van der Waals surface area contributed by atoms with E-state index in [-0.39, 0.29) is 0 Å². The van der Waals surface area contributed by atoms with Gasteiger partial charge in [-0.15, -0.1) is 0 Å². The molecule has 0 aromatic carbocycles. The predicted octanol–water partition coefficient (Wildman–Crippen LogP) is 1.91. The number of nitrogens with two attached hydrogens (primary N) is 1. The molecule has 0 unspecified atom stereocenters. The lowest BCUT2D eigenvalue weighted by atomic mass is 9.53. The van der Waals surface area contributed by atoms with Crippen LogP contribution in [0.1, 0.15) is 38.5 Å². The Kier molecular flexibility index (Phi) is 1.07. The molecule has 4 aliphatic carbocycles. The quantitative estimate of drug-likeness (QED) is 0.562. The summed E-state index contributed by atoms with van der Waals surface area (Å²) in [6.45, 7) is 0. The van der Waals surface area contributed by atoms with Crippen LogP contribution in [-0.2, 0) is 0 Å². The SMILES string of the molecule is N[C@]12C[C@H]3C[C@H](C[C@H](C3)C1)C2. The third-order valence-corrected chi connectivity index (χ3v) is 4.09. The molecule has 1 nitrogen and oxygen atoms in total. The van der Waals surface area contributed by atoms with Crippen molar-refractivity contribution in [3.05, 3.63) is 0 Å². The molecule has 11 heavy (non-hydrogen) atoms. The van der Waals surface area contributed by atoms with E-state index >= 15 is 0 Å². The number of hydrogen-bond acceptors (Lipinski definition) is 1. The molecule has 0 aromatic heterocycles. The van der Waals surface area contributed by atoms with Crippen molar-refractivity contribution in [2.24, 2.45) is 23.5 Å². The van der Waals surface area contributed by atoms with Crippen LogP contribution in [0.4, 0.5) is 0 Å². The lowest BCUT2D eigenvalue weighted by Gasteiger charge is -2.55. The smallest absolute Gasteiger partial charge is 0.0162 e. The maximum Gasteiger partial charge on any atom is 0.0162 e. The van der Waals surface area contributed by atoms with Gasteiger partial charge in [0.25, 0.3) is 0 Å². The summed E-state index contributed by atoms with van der Waals surface area (Å²) >= 11 is 0. The zero-order valence-corrected chi connectivity index (χ0v) is 7.05. The molecule has 0 amide bonds. The summed E-state index contributed by atoms with van der Waals surface area (Å²) in [7, 11) is 0. The third kappa shape index (κ3) is 0.868. The second kappa shape index (κ2) is 1.82. The zero-order valence-electron chi connectivity index (χ0n) is 7.05. The largest absolute Gasteiger partial charge is 0.325 e. The maximum atomic E-state index is 6.32. The van der Waals surface area contributed by atoms with Crippen LogP contribution in [0, 0.1) is 17.8 Å². The van der Waals surface area contributed by atoms with Crippen LogP contribution in [0.3, 0.4) is 0 Å². The van der Waals surface area contributed by atoms with Gasteiger partial charge in [0.1, 0.15) is 0 Å². The Morgan fingerprint density at radius 2 is 1.18 bits per heavy atom. The van der Waals surface area contributed by atoms with Crippen LogP contribution in [0.25, 0.3) is 0 Å². The molecule has 0 radical (unpaired) electrons. The highest BCUT2D eigenvalue weighted by molar-refractivity contribution is 5.04. The van der Waals surface area contributed by atoms with Crippen molar-refractivity contribution < 1.29 is 0 Å². The second-order valence-corrected chi connectivity index (χ2v) is 5.28. The average Bonchev–Trinajstić information content (AvgIpc) is 1.79. The van der Waals surface area contributed by atoms with E-state index in [1.807, 2.05) is 0 Å². The van der Waals surface area contributed by atoms with E-state index in [2.05, 4.69) is 0 Å². The highest BCUT2D eigenvalue weighted by Crippen LogP contribution is 2.54. The minimum atomic E-state index is 0.300. The normalized spacial score (nSPS) is 60.3. The first-order chi connectivity index (χ1) is 5.23. The molecule has 4 saturated carbocycles. The first kappa shape index (κ1) is 6.47. The van der Waals surface area contributed by atoms with Gasteiger partial charge in [0.05, 0.1) is 0 Å². The molecule has 4 rings (SSSR count). The van der Waals surface area contributed by atoms with Crippen LogP contribution in [0.15, 0.2) is 0 Å². The lowest BCUT2D eigenvalue weighted by molar-refractivity contribution is 0.000365. The van der Waals surface area contributed by atoms with Crippen LogP contribution in [-0.4, -0.2) is 5.54 Å². The van der Waals surface area contributed by atoms with Gasteiger partial charge in [-0.3, -0.25) is 0 Å². The summed E-state index contributed by atoms with van der Waals surface area (Å²) in [6.07, 6.45) is 8.57. The van der Waals surface area contributed by atoms with Crippen molar-refractivity contribution in [3.63, 3.8) is 0 Å². The number of rotatable bonds is 0. The molecule has 0 atom stereocenters. The molecular weight excluding hydrogens is 134 g/mol. The molecule has 4 fully saturated rings. The Labute approximate surface area is 68.3 Å². The molecule has 62 valence electrons. The highest BCUT2D eigenvalue weighted by Gasteiger charge is 2.48. The van der Waals surface area contributed by atoms with Crippen molar-refractivity contribution in [2.75, 3.05) is 0 Å². The second-order valence-electron chi connectivity index (χ2n) is 5.28. The van der Waals surface area contributed by atoms with Gasteiger partial charge in [0, 0.05) is 5.54 Å². The van der Waals surface area contributed by atoms with Crippen molar-refractivity contribution in [3.8, 4) is 0 Å². The molecule has 1 heteroatoms. The van der Waals surface area contributed by atoms with E-state index in [4.69, 9.17) is 5.73 Å².